The Labute approximate surface area is 94.9 Å². The second-order valence-corrected chi connectivity index (χ2v) is 6.71. The fourth-order valence-corrected chi connectivity index (χ4v) is 4.21. The van der Waals surface area contributed by atoms with Crippen LogP contribution in [0.2, 0.25) is 0 Å². The van der Waals surface area contributed by atoms with Gasteiger partial charge in [0.05, 0.1) is 5.01 Å². The van der Waals surface area contributed by atoms with Crippen LogP contribution in [0.15, 0.2) is 6.20 Å². The van der Waals surface area contributed by atoms with Crippen LogP contribution in [0.25, 0.3) is 0 Å². The molecule has 1 heterocycles. The van der Waals surface area contributed by atoms with Crippen LogP contribution in [0.5, 0.6) is 0 Å². The quantitative estimate of drug-likeness (QED) is 0.852. The second kappa shape index (κ2) is 3.29. The summed E-state index contributed by atoms with van der Waals surface area (Å²) in [5.41, 5.74) is 6.41. The Bertz CT molecular complexity index is 361. The molecular formula is C12H18N2S. The van der Waals surface area contributed by atoms with E-state index in [1.165, 1.54) is 35.6 Å². The third-order valence-corrected chi connectivity index (χ3v) is 5.02. The lowest BCUT2D eigenvalue weighted by Crippen LogP contribution is -2.31. The lowest BCUT2D eigenvalue weighted by Gasteiger charge is -2.28. The summed E-state index contributed by atoms with van der Waals surface area (Å²) in [6.45, 7) is 2.94. The van der Waals surface area contributed by atoms with Crippen LogP contribution in [0.1, 0.15) is 29.1 Å². The molecule has 2 nitrogen and oxygen atoms in total. The van der Waals surface area contributed by atoms with Crippen molar-refractivity contribution in [2.24, 2.45) is 23.0 Å². The summed E-state index contributed by atoms with van der Waals surface area (Å²) < 4.78 is 0. The molecule has 15 heavy (non-hydrogen) atoms. The minimum Gasteiger partial charge on any atom is -0.330 e. The van der Waals surface area contributed by atoms with E-state index in [9.17, 15) is 0 Å². The molecule has 0 amide bonds. The van der Waals surface area contributed by atoms with Crippen LogP contribution in [0, 0.1) is 24.2 Å². The van der Waals surface area contributed by atoms with Crippen LogP contribution in [-0.2, 0) is 6.42 Å². The van der Waals surface area contributed by atoms with Gasteiger partial charge in [-0.2, -0.15) is 0 Å². The van der Waals surface area contributed by atoms with E-state index in [-0.39, 0.29) is 0 Å². The van der Waals surface area contributed by atoms with E-state index in [0.717, 1.165) is 18.4 Å². The summed E-state index contributed by atoms with van der Waals surface area (Å²) in [6.07, 6.45) is 7.42. The zero-order valence-corrected chi connectivity index (χ0v) is 10.0. The number of aryl methyl sites for hydroxylation is 1. The van der Waals surface area contributed by atoms with Gasteiger partial charge in [-0.1, -0.05) is 0 Å². The monoisotopic (exact) mass is 222 g/mol. The highest BCUT2D eigenvalue weighted by molar-refractivity contribution is 7.11. The van der Waals surface area contributed by atoms with Gasteiger partial charge in [0, 0.05) is 11.1 Å². The average Bonchev–Trinajstić information content (AvgIpc) is 2.65. The van der Waals surface area contributed by atoms with Gasteiger partial charge in [0.1, 0.15) is 0 Å². The van der Waals surface area contributed by atoms with Crippen molar-refractivity contribution in [3.05, 3.63) is 16.1 Å². The summed E-state index contributed by atoms with van der Waals surface area (Å²) in [4.78, 5) is 5.76. The Hall–Kier alpha value is -0.410. The molecule has 0 aromatic carbocycles. The standard InChI is InChI=1S/C12H18N2S/c1-8-14-6-11(15-8)5-12(7-13)3-9-2-10(9)4-12/h6,9-10H,2-5,7,13H2,1H3. The van der Waals surface area contributed by atoms with Gasteiger partial charge in [-0.15, -0.1) is 11.3 Å². The lowest BCUT2D eigenvalue weighted by molar-refractivity contribution is 0.275. The fourth-order valence-electron chi connectivity index (χ4n) is 3.25. The Morgan fingerprint density at radius 2 is 2.27 bits per heavy atom. The molecule has 2 aliphatic rings. The number of aromatic nitrogens is 1. The summed E-state index contributed by atoms with van der Waals surface area (Å²) in [7, 11) is 0. The van der Waals surface area contributed by atoms with Crippen LogP contribution >= 0.6 is 11.3 Å². The van der Waals surface area contributed by atoms with Gasteiger partial charge in [0.25, 0.3) is 0 Å². The van der Waals surface area contributed by atoms with Gasteiger partial charge < -0.3 is 5.73 Å². The molecule has 2 unspecified atom stereocenters. The largest absolute Gasteiger partial charge is 0.330 e. The molecule has 2 atom stereocenters. The van der Waals surface area contributed by atoms with Gasteiger partial charge in [-0.25, -0.2) is 4.98 Å². The molecule has 1 aromatic heterocycles. The minimum absolute atomic E-state index is 0.423. The van der Waals surface area contributed by atoms with E-state index in [2.05, 4.69) is 11.9 Å². The normalized spacial score (nSPS) is 38.0. The van der Waals surface area contributed by atoms with E-state index in [4.69, 9.17) is 5.73 Å². The van der Waals surface area contributed by atoms with Crippen molar-refractivity contribution < 1.29 is 0 Å². The zero-order valence-electron chi connectivity index (χ0n) is 9.20. The van der Waals surface area contributed by atoms with Gasteiger partial charge >= 0.3 is 0 Å². The molecule has 2 saturated carbocycles. The van der Waals surface area contributed by atoms with Crippen LogP contribution in [0.3, 0.4) is 0 Å². The van der Waals surface area contributed by atoms with Crippen LogP contribution in [-0.4, -0.2) is 11.5 Å². The van der Waals surface area contributed by atoms with Crippen molar-refractivity contribution in [3.63, 3.8) is 0 Å². The molecule has 1 aromatic rings. The number of hydrogen-bond donors (Lipinski definition) is 1. The molecule has 3 rings (SSSR count). The third kappa shape index (κ3) is 1.72. The van der Waals surface area contributed by atoms with Crippen LogP contribution in [0.4, 0.5) is 0 Å². The highest BCUT2D eigenvalue weighted by Gasteiger charge is 2.52. The first-order valence-corrected chi connectivity index (χ1v) is 6.64. The Balaban J connectivity index is 1.75. The van der Waals surface area contributed by atoms with Crippen molar-refractivity contribution in [2.45, 2.75) is 32.6 Å². The van der Waals surface area contributed by atoms with Gasteiger partial charge in [-0.05, 0) is 56.4 Å². The van der Waals surface area contributed by atoms with E-state index in [0.29, 0.717) is 5.41 Å². The van der Waals surface area contributed by atoms with Crippen molar-refractivity contribution in [1.29, 1.82) is 0 Å². The molecule has 2 fully saturated rings. The summed E-state index contributed by atoms with van der Waals surface area (Å²) in [5, 5.41) is 1.18. The maximum atomic E-state index is 5.99. The smallest absolute Gasteiger partial charge is 0.0896 e. The zero-order chi connectivity index (χ0) is 10.5. The highest BCUT2D eigenvalue weighted by Crippen LogP contribution is 2.60. The molecule has 2 aliphatic carbocycles. The maximum Gasteiger partial charge on any atom is 0.0896 e. The Kier molecular flexibility index (Phi) is 2.15. The maximum absolute atomic E-state index is 5.99. The first-order valence-electron chi connectivity index (χ1n) is 5.82. The number of fused-ring (bicyclic) bond motifs is 1. The van der Waals surface area contributed by atoms with E-state index in [1.54, 1.807) is 0 Å². The van der Waals surface area contributed by atoms with E-state index >= 15 is 0 Å². The SMILES string of the molecule is Cc1ncc(CC2(CN)CC3CC3C2)s1. The highest BCUT2D eigenvalue weighted by atomic mass is 32.1. The molecule has 0 aliphatic heterocycles. The van der Waals surface area contributed by atoms with Crippen molar-refractivity contribution in [2.75, 3.05) is 6.54 Å². The van der Waals surface area contributed by atoms with E-state index < -0.39 is 0 Å². The number of hydrogen-bond acceptors (Lipinski definition) is 3. The van der Waals surface area contributed by atoms with Crippen molar-refractivity contribution in [1.82, 2.24) is 4.98 Å². The molecule has 0 bridgehead atoms. The lowest BCUT2D eigenvalue weighted by atomic mass is 9.79. The van der Waals surface area contributed by atoms with Gasteiger partial charge in [-0.3, -0.25) is 0 Å². The van der Waals surface area contributed by atoms with Gasteiger partial charge in [0.2, 0.25) is 0 Å². The van der Waals surface area contributed by atoms with E-state index in [1.807, 2.05) is 17.5 Å². The average molecular weight is 222 g/mol. The summed E-state index contributed by atoms with van der Waals surface area (Å²) >= 11 is 1.84. The molecule has 0 radical (unpaired) electrons. The summed E-state index contributed by atoms with van der Waals surface area (Å²) in [5.74, 6) is 2.03. The number of thiazole rings is 1. The summed E-state index contributed by atoms with van der Waals surface area (Å²) in [6, 6.07) is 0. The topological polar surface area (TPSA) is 38.9 Å². The fraction of sp³-hybridized carbons (Fsp3) is 0.750. The first kappa shape index (κ1) is 9.79. The Morgan fingerprint density at radius 1 is 1.53 bits per heavy atom. The number of rotatable bonds is 3. The molecule has 0 spiro atoms. The predicted octanol–water partition coefficient (Wildman–Crippen LogP) is 2.37. The minimum atomic E-state index is 0.423. The van der Waals surface area contributed by atoms with Crippen molar-refractivity contribution in [3.8, 4) is 0 Å². The second-order valence-electron chi connectivity index (χ2n) is 5.39. The number of nitrogens with zero attached hydrogens (tertiary/aromatic N) is 1. The number of nitrogens with two attached hydrogens (primary N) is 1. The van der Waals surface area contributed by atoms with Crippen molar-refractivity contribution >= 4 is 11.3 Å². The Morgan fingerprint density at radius 3 is 2.80 bits per heavy atom. The molecular weight excluding hydrogens is 204 g/mol. The predicted molar refractivity (Wildman–Crippen MR) is 62.9 cm³/mol. The third-order valence-electron chi connectivity index (χ3n) is 4.11. The molecule has 2 N–H and O–H groups in total. The van der Waals surface area contributed by atoms with Crippen LogP contribution < -0.4 is 5.73 Å². The molecule has 0 saturated heterocycles. The first-order chi connectivity index (χ1) is 7.21. The van der Waals surface area contributed by atoms with Gasteiger partial charge in [0.15, 0.2) is 0 Å². The molecule has 3 heteroatoms. The molecule has 82 valence electrons.